The van der Waals surface area contributed by atoms with Gasteiger partial charge in [0.05, 0.1) is 5.38 Å². The van der Waals surface area contributed by atoms with Crippen molar-refractivity contribution in [2.24, 2.45) is 0 Å². The van der Waals surface area contributed by atoms with E-state index < -0.39 is 0 Å². The molecule has 1 atom stereocenters. The van der Waals surface area contributed by atoms with Crippen molar-refractivity contribution >= 4 is 23.2 Å². The summed E-state index contributed by atoms with van der Waals surface area (Å²) in [7, 11) is 0. The van der Waals surface area contributed by atoms with Crippen LogP contribution in [0.5, 0.6) is 0 Å². The third-order valence-corrected chi connectivity index (χ3v) is 4.46. The van der Waals surface area contributed by atoms with E-state index >= 15 is 0 Å². The second kappa shape index (κ2) is 9.63. The predicted octanol–water partition coefficient (Wildman–Crippen LogP) is 7.21. The van der Waals surface area contributed by atoms with Crippen LogP contribution in [0.4, 0.5) is 4.39 Å². The Morgan fingerprint density at radius 3 is 2.30 bits per heavy atom. The molecule has 0 fully saturated rings. The quantitative estimate of drug-likeness (QED) is 0.333. The van der Waals surface area contributed by atoms with Gasteiger partial charge >= 0.3 is 0 Å². The highest BCUT2D eigenvalue weighted by Gasteiger charge is 2.14. The summed E-state index contributed by atoms with van der Waals surface area (Å²) in [6, 6.07) is 3.14. The van der Waals surface area contributed by atoms with Gasteiger partial charge in [-0.05, 0) is 30.5 Å². The zero-order valence-corrected chi connectivity index (χ0v) is 14.0. The number of aryl methyl sites for hydroxylation is 1. The van der Waals surface area contributed by atoms with E-state index in [9.17, 15) is 4.39 Å². The van der Waals surface area contributed by atoms with Gasteiger partial charge in [0.15, 0.2) is 0 Å². The first-order valence-corrected chi connectivity index (χ1v) is 8.47. The first-order chi connectivity index (χ1) is 9.56. The third kappa shape index (κ3) is 6.01. The van der Waals surface area contributed by atoms with Crippen LogP contribution in [0, 0.1) is 12.7 Å². The minimum absolute atomic E-state index is 0.113. The lowest BCUT2D eigenvalue weighted by molar-refractivity contribution is 0.571. The summed E-state index contributed by atoms with van der Waals surface area (Å²) < 4.78 is 13.3. The van der Waals surface area contributed by atoms with Gasteiger partial charge < -0.3 is 0 Å². The van der Waals surface area contributed by atoms with E-state index in [-0.39, 0.29) is 11.2 Å². The molecular weight excluding hydrogens is 294 g/mol. The van der Waals surface area contributed by atoms with E-state index in [1.807, 2.05) is 0 Å². The Morgan fingerprint density at radius 1 is 1.05 bits per heavy atom. The molecule has 1 rings (SSSR count). The molecule has 0 amide bonds. The maximum atomic E-state index is 13.3. The lowest BCUT2D eigenvalue weighted by Gasteiger charge is -2.13. The lowest BCUT2D eigenvalue weighted by Crippen LogP contribution is -1.95. The Hall–Kier alpha value is -0.270. The van der Waals surface area contributed by atoms with E-state index in [2.05, 4.69) is 6.92 Å². The molecule has 0 heterocycles. The van der Waals surface area contributed by atoms with Crippen LogP contribution in [0.1, 0.15) is 74.8 Å². The highest BCUT2D eigenvalue weighted by Crippen LogP contribution is 2.33. The first kappa shape index (κ1) is 17.8. The van der Waals surface area contributed by atoms with Crippen molar-refractivity contribution in [3.05, 3.63) is 34.1 Å². The molecular formula is C17H25Cl2F. The van der Waals surface area contributed by atoms with E-state index in [1.165, 1.54) is 44.6 Å². The summed E-state index contributed by atoms with van der Waals surface area (Å²) in [5, 5.41) is 0.327. The van der Waals surface area contributed by atoms with Crippen molar-refractivity contribution in [1.82, 2.24) is 0 Å². The normalized spacial score (nSPS) is 12.7. The maximum absolute atomic E-state index is 13.3. The second-order valence-corrected chi connectivity index (χ2v) is 6.43. The van der Waals surface area contributed by atoms with Crippen molar-refractivity contribution in [2.75, 3.05) is 0 Å². The highest BCUT2D eigenvalue weighted by molar-refractivity contribution is 6.32. The van der Waals surface area contributed by atoms with Gasteiger partial charge in [-0.3, -0.25) is 0 Å². The fourth-order valence-corrected chi connectivity index (χ4v) is 3.03. The van der Waals surface area contributed by atoms with Gasteiger partial charge in [0.1, 0.15) is 5.82 Å². The van der Waals surface area contributed by atoms with Crippen LogP contribution < -0.4 is 0 Å². The van der Waals surface area contributed by atoms with E-state index in [4.69, 9.17) is 23.2 Å². The molecule has 0 aromatic heterocycles. The molecule has 1 aromatic carbocycles. The molecule has 0 nitrogen and oxygen atoms in total. The molecule has 1 unspecified atom stereocenters. The fourth-order valence-electron chi connectivity index (χ4n) is 2.36. The number of rotatable bonds is 9. The van der Waals surface area contributed by atoms with Crippen LogP contribution in [0.15, 0.2) is 12.1 Å². The molecule has 0 N–H and O–H groups in total. The average Bonchev–Trinajstić information content (AvgIpc) is 2.41. The zero-order chi connectivity index (χ0) is 15.0. The van der Waals surface area contributed by atoms with E-state index in [1.54, 1.807) is 13.0 Å². The summed E-state index contributed by atoms with van der Waals surface area (Å²) in [4.78, 5) is 0. The number of unbranched alkanes of at least 4 members (excludes halogenated alkanes) is 6. The van der Waals surface area contributed by atoms with E-state index in [0.717, 1.165) is 18.4 Å². The van der Waals surface area contributed by atoms with Crippen molar-refractivity contribution in [3.63, 3.8) is 0 Å². The van der Waals surface area contributed by atoms with Gasteiger partial charge in [0, 0.05) is 5.02 Å². The smallest absolute Gasteiger partial charge is 0.127 e. The Labute approximate surface area is 132 Å². The summed E-state index contributed by atoms with van der Waals surface area (Å²) in [6.07, 6.45) is 9.77. The minimum Gasteiger partial charge on any atom is -0.207 e. The second-order valence-electron chi connectivity index (χ2n) is 5.50. The summed E-state index contributed by atoms with van der Waals surface area (Å²) >= 11 is 12.5. The summed E-state index contributed by atoms with van der Waals surface area (Å²) in [6.45, 7) is 3.97. The maximum Gasteiger partial charge on any atom is 0.127 e. The third-order valence-electron chi connectivity index (χ3n) is 3.68. The first-order valence-electron chi connectivity index (χ1n) is 7.65. The number of hydrogen-bond donors (Lipinski definition) is 0. The molecule has 20 heavy (non-hydrogen) atoms. The lowest BCUT2D eigenvalue weighted by atomic mass is 10.0. The predicted molar refractivity (Wildman–Crippen MR) is 87.4 cm³/mol. The topological polar surface area (TPSA) is 0 Å². The number of benzene rings is 1. The SMILES string of the molecule is CCCCCCCCCC(Cl)c1cc(C)c(F)cc1Cl. The largest absolute Gasteiger partial charge is 0.207 e. The Balaban J connectivity index is 2.32. The zero-order valence-electron chi connectivity index (χ0n) is 12.5. The highest BCUT2D eigenvalue weighted by atomic mass is 35.5. The van der Waals surface area contributed by atoms with Crippen LogP contribution in [-0.4, -0.2) is 0 Å². The minimum atomic E-state index is -0.265. The molecule has 0 aliphatic carbocycles. The van der Waals surface area contributed by atoms with Crippen molar-refractivity contribution in [1.29, 1.82) is 0 Å². The van der Waals surface area contributed by atoms with Crippen molar-refractivity contribution < 1.29 is 4.39 Å². The number of alkyl halides is 1. The van der Waals surface area contributed by atoms with Crippen molar-refractivity contribution in [3.8, 4) is 0 Å². The Kier molecular flexibility index (Phi) is 8.56. The van der Waals surface area contributed by atoms with Gasteiger partial charge in [-0.25, -0.2) is 4.39 Å². The molecule has 0 bridgehead atoms. The van der Waals surface area contributed by atoms with E-state index in [0.29, 0.717) is 10.6 Å². The Morgan fingerprint density at radius 2 is 1.65 bits per heavy atom. The molecule has 0 radical (unpaired) electrons. The molecule has 0 saturated carbocycles. The van der Waals surface area contributed by atoms with Gasteiger partial charge in [-0.1, -0.05) is 69.5 Å². The fraction of sp³-hybridized carbons (Fsp3) is 0.647. The molecule has 3 heteroatoms. The Bertz CT molecular complexity index is 404. The van der Waals surface area contributed by atoms with Gasteiger partial charge in [0.2, 0.25) is 0 Å². The van der Waals surface area contributed by atoms with Crippen LogP contribution in [0.2, 0.25) is 5.02 Å². The standard InChI is InChI=1S/C17H25Cl2F/c1-3-4-5-6-7-8-9-10-15(18)14-11-13(2)17(20)12-16(14)19/h11-12,15H,3-10H2,1-2H3. The van der Waals surface area contributed by atoms with Crippen LogP contribution in [0.25, 0.3) is 0 Å². The van der Waals surface area contributed by atoms with Gasteiger partial charge in [0.25, 0.3) is 0 Å². The summed E-state index contributed by atoms with van der Waals surface area (Å²) in [5.74, 6) is -0.265. The molecule has 114 valence electrons. The molecule has 1 aromatic rings. The number of halogens is 3. The molecule has 0 spiro atoms. The molecule has 0 aliphatic rings. The van der Waals surface area contributed by atoms with Gasteiger partial charge in [-0.15, -0.1) is 11.6 Å². The summed E-state index contributed by atoms with van der Waals surface area (Å²) in [5.41, 5.74) is 1.47. The monoisotopic (exact) mass is 318 g/mol. The molecule has 0 saturated heterocycles. The van der Waals surface area contributed by atoms with Crippen molar-refractivity contribution in [2.45, 2.75) is 70.6 Å². The molecule has 0 aliphatic heterocycles. The number of hydrogen-bond acceptors (Lipinski definition) is 0. The van der Waals surface area contributed by atoms with Crippen LogP contribution in [-0.2, 0) is 0 Å². The van der Waals surface area contributed by atoms with Crippen LogP contribution in [0.3, 0.4) is 0 Å². The van der Waals surface area contributed by atoms with Gasteiger partial charge in [-0.2, -0.15) is 0 Å². The average molecular weight is 319 g/mol. The van der Waals surface area contributed by atoms with Crippen LogP contribution >= 0.6 is 23.2 Å².